The van der Waals surface area contributed by atoms with Gasteiger partial charge in [0, 0.05) is 16.5 Å². The fourth-order valence-electron chi connectivity index (χ4n) is 3.01. The summed E-state index contributed by atoms with van der Waals surface area (Å²) in [6.07, 6.45) is 0.818. The van der Waals surface area contributed by atoms with Crippen LogP contribution in [0.4, 0.5) is 0 Å². The molecule has 4 heteroatoms. The van der Waals surface area contributed by atoms with E-state index in [-0.39, 0.29) is 11.9 Å². The van der Waals surface area contributed by atoms with Gasteiger partial charge in [0.05, 0.1) is 6.04 Å². The summed E-state index contributed by atoms with van der Waals surface area (Å²) in [6, 6.07) is 23.4. The predicted octanol–water partition coefficient (Wildman–Crippen LogP) is 6.14. The van der Waals surface area contributed by atoms with Crippen molar-refractivity contribution in [1.29, 1.82) is 0 Å². The first-order chi connectivity index (χ1) is 13.0. The van der Waals surface area contributed by atoms with Crippen molar-refractivity contribution in [3.05, 3.63) is 105 Å². The maximum absolute atomic E-state index is 12.7. The van der Waals surface area contributed by atoms with Crippen molar-refractivity contribution in [2.24, 2.45) is 0 Å². The summed E-state index contributed by atoms with van der Waals surface area (Å²) in [4.78, 5) is 12.7. The molecule has 1 amide bonds. The number of benzene rings is 3. The number of amides is 1. The van der Waals surface area contributed by atoms with Crippen LogP contribution in [0.3, 0.4) is 0 Å². The molecule has 0 aromatic heterocycles. The Bertz CT molecular complexity index is 887. The van der Waals surface area contributed by atoms with Crippen molar-refractivity contribution < 1.29 is 4.79 Å². The van der Waals surface area contributed by atoms with E-state index in [2.05, 4.69) is 29.6 Å². The highest BCUT2D eigenvalue weighted by Crippen LogP contribution is 2.26. The van der Waals surface area contributed by atoms with E-state index in [9.17, 15) is 4.79 Å². The van der Waals surface area contributed by atoms with Gasteiger partial charge >= 0.3 is 0 Å². The summed E-state index contributed by atoms with van der Waals surface area (Å²) < 4.78 is 0. The Morgan fingerprint density at radius 2 is 1.44 bits per heavy atom. The summed E-state index contributed by atoms with van der Waals surface area (Å²) in [5.74, 6) is -0.0413. The van der Waals surface area contributed by atoms with E-state index in [1.807, 2.05) is 37.3 Å². The van der Waals surface area contributed by atoms with Gasteiger partial charge in [0.1, 0.15) is 0 Å². The maximum Gasteiger partial charge on any atom is 0.221 e. The Morgan fingerprint density at radius 1 is 0.852 bits per heavy atom. The third-order valence-electron chi connectivity index (χ3n) is 4.51. The van der Waals surface area contributed by atoms with Gasteiger partial charge in [0.15, 0.2) is 0 Å². The molecule has 138 valence electrons. The molecule has 1 atom stereocenters. The zero-order valence-corrected chi connectivity index (χ0v) is 16.6. The van der Waals surface area contributed by atoms with E-state index >= 15 is 0 Å². The van der Waals surface area contributed by atoms with E-state index in [1.165, 1.54) is 5.56 Å². The molecule has 0 saturated carbocycles. The zero-order valence-electron chi connectivity index (χ0n) is 15.1. The second kappa shape index (κ2) is 9.07. The molecule has 0 aliphatic carbocycles. The average Bonchev–Trinajstić information content (AvgIpc) is 2.67. The van der Waals surface area contributed by atoms with E-state index in [4.69, 9.17) is 23.2 Å². The molecular formula is C23H21Cl2NO. The van der Waals surface area contributed by atoms with Crippen LogP contribution in [0.1, 0.15) is 34.7 Å². The van der Waals surface area contributed by atoms with Crippen molar-refractivity contribution >= 4 is 29.1 Å². The summed E-state index contributed by atoms with van der Waals surface area (Å²) in [5, 5.41) is 4.34. The fourth-order valence-corrected chi connectivity index (χ4v) is 3.59. The highest BCUT2D eigenvalue weighted by Gasteiger charge is 2.17. The number of rotatable bonds is 6. The number of carbonyl (C=O) groups excluding carboxylic acids is 1. The standard InChI is InChI=1S/C23H21Cl2NO/c1-16-10-12-18(13-11-16)23(17-6-3-2-4-7-17)26-22(27)15-14-19-20(24)8-5-9-21(19)25/h2-13,23H,14-15H2,1H3,(H,26,27). The molecule has 0 spiro atoms. The summed E-state index contributed by atoms with van der Waals surface area (Å²) in [7, 11) is 0. The minimum atomic E-state index is -0.194. The molecule has 0 saturated heterocycles. The molecule has 27 heavy (non-hydrogen) atoms. The number of hydrogen-bond acceptors (Lipinski definition) is 1. The number of carbonyl (C=O) groups is 1. The molecule has 0 aliphatic rings. The molecule has 3 aromatic rings. The van der Waals surface area contributed by atoms with Gasteiger partial charge in [-0.3, -0.25) is 4.79 Å². The molecule has 0 heterocycles. The van der Waals surface area contributed by atoms with Crippen LogP contribution >= 0.6 is 23.2 Å². The zero-order chi connectivity index (χ0) is 19.2. The van der Waals surface area contributed by atoms with Crippen molar-refractivity contribution in [3.8, 4) is 0 Å². The Kier molecular flexibility index (Phi) is 6.54. The topological polar surface area (TPSA) is 29.1 Å². The van der Waals surface area contributed by atoms with Gasteiger partial charge in [-0.05, 0) is 42.2 Å². The lowest BCUT2D eigenvalue weighted by Gasteiger charge is -2.20. The molecular weight excluding hydrogens is 377 g/mol. The van der Waals surface area contributed by atoms with Crippen LogP contribution in [0, 0.1) is 6.92 Å². The monoisotopic (exact) mass is 397 g/mol. The largest absolute Gasteiger partial charge is 0.345 e. The molecule has 1 unspecified atom stereocenters. The summed E-state index contributed by atoms with van der Waals surface area (Å²) >= 11 is 12.4. The lowest BCUT2D eigenvalue weighted by atomic mass is 9.97. The minimum Gasteiger partial charge on any atom is -0.345 e. The Labute approximate surface area is 170 Å². The van der Waals surface area contributed by atoms with Crippen LogP contribution in [0.25, 0.3) is 0 Å². The Morgan fingerprint density at radius 3 is 2.07 bits per heavy atom. The first kappa shape index (κ1) is 19.5. The fraction of sp³-hybridized carbons (Fsp3) is 0.174. The van der Waals surface area contributed by atoms with Crippen molar-refractivity contribution in [3.63, 3.8) is 0 Å². The van der Waals surface area contributed by atoms with E-state index in [0.29, 0.717) is 22.9 Å². The summed E-state index contributed by atoms with van der Waals surface area (Å²) in [6.45, 7) is 2.05. The van der Waals surface area contributed by atoms with Gasteiger partial charge in [0.25, 0.3) is 0 Å². The normalized spacial score (nSPS) is 11.8. The summed E-state index contributed by atoms with van der Waals surface area (Å²) in [5.41, 5.74) is 4.09. The minimum absolute atomic E-state index is 0.0413. The van der Waals surface area contributed by atoms with Crippen molar-refractivity contribution in [1.82, 2.24) is 5.32 Å². The Balaban J connectivity index is 1.76. The van der Waals surface area contributed by atoms with E-state index in [0.717, 1.165) is 16.7 Å². The first-order valence-corrected chi connectivity index (χ1v) is 9.64. The number of nitrogens with one attached hydrogen (secondary N) is 1. The second-order valence-electron chi connectivity index (χ2n) is 6.52. The molecule has 0 radical (unpaired) electrons. The second-order valence-corrected chi connectivity index (χ2v) is 7.34. The van der Waals surface area contributed by atoms with Crippen molar-refractivity contribution in [2.45, 2.75) is 25.8 Å². The molecule has 0 fully saturated rings. The van der Waals surface area contributed by atoms with Gasteiger partial charge in [-0.1, -0.05) is 89.4 Å². The number of hydrogen-bond donors (Lipinski definition) is 1. The van der Waals surface area contributed by atoms with Gasteiger partial charge in [-0.2, -0.15) is 0 Å². The smallest absolute Gasteiger partial charge is 0.221 e. The Hall–Kier alpha value is -2.29. The SMILES string of the molecule is Cc1ccc(C(NC(=O)CCc2c(Cl)cccc2Cl)c2ccccc2)cc1. The number of aryl methyl sites for hydroxylation is 1. The predicted molar refractivity (Wildman–Crippen MR) is 112 cm³/mol. The first-order valence-electron chi connectivity index (χ1n) is 8.88. The van der Waals surface area contributed by atoms with Crippen LogP contribution in [0.2, 0.25) is 10.0 Å². The van der Waals surface area contributed by atoms with Crippen LogP contribution in [0.15, 0.2) is 72.8 Å². The van der Waals surface area contributed by atoms with Crippen LogP contribution in [-0.2, 0) is 11.2 Å². The maximum atomic E-state index is 12.7. The molecule has 3 aromatic carbocycles. The van der Waals surface area contributed by atoms with E-state index < -0.39 is 0 Å². The van der Waals surface area contributed by atoms with Gasteiger partial charge in [0.2, 0.25) is 5.91 Å². The van der Waals surface area contributed by atoms with Gasteiger partial charge in [-0.15, -0.1) is 0 Å². The molecule has 0 bridgehead atoms. The highest BCUT2D eigenvalue weighted by atomic mass is 35.5. The third kappa shape index (κ3) is 5.12. The van der Waals surface area contributed by atoms with Gasteiger partial charge < -0.3 is 5.32 Å². The number of halogens is 2. The highest BCUT2D eigenvalue weighted by molar-refractivity contribution is 6.36. The van der Waals surface area contributed by atoms with Crippen LogP contribution in [0.5, 0.6) is 0 Å². The van der Waals surface area contributed by atoms with Crippen LogP contribution < -0.4 is 5.32 Å². The van der Waals surface area contributed by atoms with Crippen LogP contribution in [-0.4, -0.2) is 5.91 Å². The third-order valence-corrected chi connectivity index (χ3v) is 5.22. The lowest BCUT2D eigenvalue weighted by Crippen LogP contribution is -2.29. The van der Waals surface area contributed by atoms with Crippen molar-refractivity contribution in [2.75, 3.05) is 0 Å². The molecule has 1 N–H and O–H groups in total. The quantitative estimate of drug-likeness (QED) is 0.531. The van der Waals surface area contributed by atoms with E-state index in [1.54, 1.807) is 18.2 Å². The lowest BCUT2D eigenvalue weighted by molar-refractivity contribution is -0.121. The van der Waals surface area contributed by atoms with Gasteiger partial charge in [-0.25, -0.2) is 0 Å². The molecule has 3 rings (SSSR count). The molecule has 2 nitrogen and oxygen atoms in total. The average molecular weight is 398 g/mol. The molecule has 0 aliphatic heterocycles.